The lowest BCUT2D eigenvalue weighted by Gasteiger charge is -2.22. The molecule has 0 aliphatic heterocycles. The van der Waals surface area contributed by atoms with Crippen molar-refractivity contribution < 1.29 is 9.18 Å². The van der Waals surface area contributed by atoms with Gasteiger partial charge in [0, 0.05) is 18.1 Å². The van der Waals surface area contributed by atoms with Crippen LogP contribution < -0.4 is 4.90 Å². The quantitative estimate of drug-likeness (QED) is 0.595. The number of thiazole rings is 1. The molecule has 0 aliphatic carbocycles. The van der Waals surface area contributed by atoms with Gasteiger partial charge in [-0.15, -0.1) is 0 Å². The average Bonchev–Trinajstić information content (AvgIpc) is 2.97. The number of hydrogen-bond acceptors (Lipinski definition) is 4. The van der Waals surface area contributed by atoms with Crippen LogP contribution in [0.2, 0.25) is 10.0 Å². The summed E-state index contributed by atoms with van der Waals surface area (Å²) in [6.45, 7) is 1.06. The topological polar surface area (TPSA) is 36.4 Å². The summed E-state index contributed by atoms with van der Waals surface area (Å²) < 4.78 is 14.2. The third kappa shape index (κ3) is 4.15. The van der Waals surface area contributed by atoms with Gasteiger partial charge in [-0.25, -0.2) is 9.37 Å². The van der Waals surface area contributed by atoms with E-state index in [9.17, 15) is 9.18 Å². The fraction of sp³-hybridized carbons (Fsp3) is 0.222. The molecule has 3 aromatic rings. The molecular formula is C18H16Cl2FN3OS. The van der Waals surface area contributed by atoms with Crippen LogP contribution >= 0.6 is 34.5 Å². The number of likely N-dealkylation sites (N-methyl/N-ethyl adjacent to an activating group) is 1. The van der Waals surface area contributed by atoms with E-state index in [0.29, 0.717) is 23.2 Å². The second-order valence-corrected chi connectivity index (χ2v) is 7.85. The van der Waals surface area contributed by atoms with Crippen LogP contribution in [-0.4, -0.2) is 43.0 Å². The van der Waals surface area contributed by atoms with Gasteiger partial charge in [0.15, 0.2) is 5.13 Å². The van der Waals surface area contributed by atoms with Crippen molar-refractivity contribution in [2.45, 2.75) is 0 Å². The van der Waals surface area contributed by atoms with Crippen LogP contribution in [0.5, 0.6) is 0 Å². The lowest BCUT2D eigenvalue weighted by atomic mass is 10.2. The number of aromatic nitrogens is 1. The first-order chi connectivity index (χ1) is 12.3. The molecule has 1 amide bonds. The van der Waals surface area contributed by atoms with Crippen molar-refractivity contribution in [1.82, 2.24) is 9.88 Å². The normalized spacial score (nSPS) is 11.3. The molecule has 2 aromatic carbocycles. The number of anilines is 1. The third-order valence-corrected chi connectivity index (χ3v) is 5.34. The van der Waals surface area contributed by atoms with Crippen molar-refractivity contribution in [2.75, 3.05) is 32.1 Å². The van der Waals surface area contributed by atoms with Crippen LogP contribution in [0.15, 0.2) is 36.4 Å². The summed E-state index contributed by atoms with van der Waals surface area (Å²) >= 11 is 13.5. The maximum Gasteiger partial charge on any atom is 0.261 e. The first-order valence-corrected chi connectivity index (χ1v) is 9.40. The van der Waals surface area contributed by atoms with Gasteiger partial charge >= 0.3 is 0 Å². The lowest BCUT2D eigenvalue weighted by Crippen LogP contribution is -2.36. The number of nitrogens with zero attached hydrogens (tertiary/aromatic N) is 3. The monoisotopic (exact) mass is 411 g/mol. The molecule has 0 fully saturated rings. The van der Waals surface area contributed by atoms with Crippen molar-refractivity contribution >= 4 is 55.8 Å². The second kappa shape index (κ2) is 7.88. The number of carbonyl (C=O) groups is 1. The number of halogens is 3. The van der Waals surface area contributed by atoms with Crippen LogP contribution in [0.1, 0.15) is 10.4 Å². The summed E-state index contributed by atoms with van der Waals surface area (Å²) in [6, 6.07) is 9.15. The minimum Gasteiger partial charge on any atom is -0.308 e. The van der Waals surface area contributed by atoms with Crippen molar-refractivity contribution in [3.05, 3.63) is 57.8 Å². The fourth-order valence-corrected chi connectivity index (χ4v) is 3.91. The van der Waals surface area contributed by atoms with Gasteiger partial charge in [0.1, 0.15) is 5.82 Å². The first kappa shape index (κ1) is 19.0. The Balaban J connectivity index is 2.01. The zero-order valence-electron chi connectivity index (χ0n) is 14.2. The van der Waals surface area contributed by atoms with E-state index in [1.165, 1.54) is 23.5 Å². The van der Waals surface area contributed by atoms with E-state index in [1.807, 2.05) is 31.1 Å². The van der Waals surface area contributed by atoms with Crippen molar-refractivity contribution in [2.24, 2.45) is 0 Å². The molecule has 136 valence electrons. The molecule has 1 aromatic heterocycles. The van der Waals surface area contributed by atoms with Gasteiger partial charge in [-0.1, -0.05) is 34.5 Å². The molecule has 1 heterocycles. The highest BCUT2D eigenvalue weighted by molar-refractivity contribution is 7.22. The zero-order valence-corrected chi connectivity index (χ0v) is 16.5. The van der Waals surface area contributed by atoms with E-state index in [1.54, 1.807) is 11.0 Å². The van der Waals surface area contributed by atoms with Crippen LogP contribution in [0.3, 0.4) is 0 Å². The largest absolute Gasteiger partial charge is 0.308 e. The van der Waals surface area contributed by atoms with Crippen molar-refractivity contribution in [3.8, 4) is 0 Å². The maximum atomic E-state index is 13.3. The molecule has 0 saturated carbocycles. The SMILES string of the molecule is CN(C)CCN(C(=O)c1ccc(F)cc1Cl)c1nc2ccc(Cl)cc2s1. The highest BCUT2D eigenvalue weighted by Gasteiger charge is 2.23. The van der Waals surface area contributed by atoms with E-state index in [0.717, 1.165) is 16.3 Å². The number of amides is 1. The molecule has 0 unspecified atom stereocenters. The molecule has 26 heavy (non-hydrogen) atoms. The highest BCUT2D eigenvalue weighted by Crippen LogP contribution is 2.32. The molecule has 0 atom stereocenters. The summed E-state index contributed by atoms with van der Waals surface area (Å²) in [5.41, 5.74) is 1.01. The van der Waals surface area contributed by atoms with Gasteiger partial charge in [-0.2, -0.15) is 0 Å². The summed E-state index contributed by atoms with van der Waals surface area (Å²) in [5.74, 6) is -0.803. The minimum absolute atomic E-state index is 0.0778. The summed E-state index contributed by atoms with van der Waals surface area (Å²) in [5, 5.41) is 1.24. The third-order valence-electron chi connectivity index (χ3n) is 3.75. The fourth-order valence-electron chi connectivity index (χ4n) is 2.39. The van der Waals surface area contributed by atoms with Crippen molar-refractivity contribution in [1.29, 1.82) is 0 Å². The number of fused-ring (bicyclic) bond motifs is 1. The standard InChI is InChI=1S/C18H16Cl2FN3OS/c1-23(2)7-8-24(17(25)13-5-4-12(21)10-14(13)20)18-22-15-6-3-11(19)9-16(15)26-18/h3-6,9-10H,7-8H2,1-2H3. The van der Waals surface area contributed by atoms with Gasteiger partial charge in [-0.3, -0.25) is 9.69 Å². The zero-order chi connectivity index (χ0) is 18.8. The Bertz CT molecular complexity index is 961. The second-order valence-electron chi connectivity index (χ2n) is 5.99. The molecule has 0 spiro atoms. The van der Waals surface area contributed by atoms with Crippen LogP contribution in [0.4, 0.5) is 9.52 Å². The van der Waals surface area contributed by atoms with Gasteiger partial charge in [0.05, 0.1) is 20.8 Å². The Hall–Kier alpha value is -1.73. The van der Waals surface area contributed by atoms with Crippen LogP contribution in [0.25, 0.3) is 10.2 Å². The van der Waals surface area contributed by atoms with Gasteiger partial charge in [0.2, 0.25) is 0 Å². The number of carbonyl (C=O) groups excluding carboxylic acids is 1. The molecule has 0 N–H and O–H groups in total. The first-order valence-electron chi connectivity index (χ1n) is 7.83. The average molecular weight is 412 g/mol. The molecular weight excluding hydrogens is 396 g/mol. The number of rotatable bonds is 5. The molecule has 3 rings (SSSR count). The Morgan fingerprint density at radius 3 is 2.62 bits per heavy atom. The van der Waals surface area contributed by atoms with E-state index < -0.39 is 5.82 Å². The molecule has 0 bridgehead atoms. The highest BCUT2D eigenvalue weighted by atomic mass is 35.5. The molecule has 4 nitrogen and oxygen atoms in total. The Kier molecular flexibility index (Phi) is 5.77. The summed E-state index contributed by atoms with van der Waals surface area (Å²) in [6.07, 6.45) is 0. The Morgan fingerprint density at radius 1 is 1.15 bits per heavy atom. The minimum atomic E-state index is -0.485. The van der Waals surface area contributed by atoms with E-state index in [4.69, 9.17) is 23.2 Å². The Morgan fingerprint density at radius 2 is 1.92 bits per heavy atom. The number of benzene rings is 2. The summed E-state index contributed by atoms with van der Waals surface area (Å²) in [7, 11) is 3.84. The van der Waals surface area contributed by atoms with Gasteiger partial charge in [0.25, 0.3) is 5.91 Å². The smallest absolute Gasteiger partial charge is 0.261 e. The van der Waals surface area contributed by atoms with E-state index >= 15 is 0 Å². The van der Waals surface area contributed by atoms with Gasteiger partial charge in [-0.05, 0) is 50.5 Å². The van der Waals surface area contributed by atoms with Gasteiger partial charge < -0.3 is 4.90 Å². The summed E-state index contributed by atoms with van der Waals surface area (Å²) in [4.78, 5) is 21.2. The molecule has 0 aliphatic rings. The Labute approximate surface area is 164 Å². The van der Waals surface area contributed by atoms with E-state index in [-0.39, 0.29) is 16.5 Å². The van der Waals surface area contributed by atoms with Crippen molar-refractivity contribution in [3.63, 3.8) is 0 Å². The number of hydrogen-bond donors (Lipinski definition) is 0. The maximum absolute atomic E-state index is 13.3. The molecule has 8 heteroatoms. The van der Waals surface area contributed by atoms with Crippen LogP contribution in [-0.2, 0) is 0 Å². The predicted molar refractivity (Wildman–Crippen MR) is 106 cm³/mol. The van der Waals surface area contributed by atoms with E-state index in [2.05, 4.69) is 4.98 Å². The lowest BCUT2D eigenvalue weighted by molar-refractivity contribution is 0.0985. The predicted octanol–water partition coefficient (Wildman–Crippen LogP) is 4.95. The molecule has 0 saturated heterocycles. The van der Waals surface area contributed by atoms with Crippen LogP contribution in [0, 0.1) is 5.82 Å². The molecule has 0 radical (unpaired) electrons.